The van der Waals surface area contributed by atoms with Crippen LogP contribution in [0.4, 0.5) is 0 Å². The quantitative estimate of drug-likeness (QED) is 0.589. The maximum absolute atomic E-state index is 12.3. The van der Waals surface area contributed by atoms with Gasteiger partial charge >= 0.3 is 0 Å². The number of rotatable bonds is 5. The van der Waals surface area contributed by atoms with Crippen LogP contribution in [0.15, 0.2) is 29.3 Å². The van der Waals surface area contributed by atoms with Crippen LogP contribution >= 0.6 is 0 Å². The topological polar surface area (TPSA) is 66.0 Å². The van der Waals surface area contributed by atoms with Crippen molar-refractivity contribution in [3.63, 3.8) is 0 Å². The van der Waals surface area contributed by atoms with Gasteiger partial charge in [0.25, 0.3) is 0 Å². The van der Waals surface area contributed by atoms with E-state index in [4.69, 9.17) is 9.73 Å². The number of nitrogens with one attached hydrogen (secondary N) is 2. The van der Waals surface area contributed by atoms with E-state index in [9.17, 15) is 4.79 Å². The third-order valence-corrected chi connectivity index (χ3v) is 6.42. The number of benzene rings is 1. The minimum Gasteiger partial charge on any atom is -0.487 e. The highest BCUT2D eigenvalue weighted by Gasteiger charge is 2.43. The van der Waals surface area contributed by atoms with Gasteiger partial charge in [0.2, 0.25) is 5.91 Å². The number of carbonyl (C=O) groups is 1. The third-order valence-electron chi connectivity index (χ3n) is 6.42. The summed E-state index contributed by atoms with van der Waals surface area (Å²) in [5, 5.41) is 7.00. The summed E-state index contributed by atoms with van der Waals surface area (Å²) in [5.74, 6) is 2.01. The van der Waals surface area contributed by atoms with Crippen LogP contribution < -0.4 is 15.4 Å². The average Bonchev–Trinajstić information content (AvgIpc) is 3.41. The zero-order chi connectivity index (χ0) is 20.1. The summed E-state index contributed by atoms with van der Waals surface area (Å²) in [4.78, 5) is 19.0. The van der Waals surface area contributed by atoms with E-state index in [1.165, 1.54) is 18.4 Å². The molecule has 0 aromatic heterocycles. The van der Waals surface area contributed by atoms with Crippen LogP contribution in [0.1, 0.15) is 69.9 Å². The van der Waals surface area contributed by atoms with Crippen molar-refractivity contribution in [2.45, 2.75) is 69.9 Å². The Bertz CT molecular complexity index is 736. The number of aliphatic imine (C=N–C) groups is 1. The molecule has 3 aliphatic rings. The van der Waals surface area contributed by atoms with Crippen molar-refractivity contribution < 1.29 is 9.53 Å². The summed E-state index contributed by atoms with van der Waals surface area (Å²) in [6, 6.07) is 8.53. The molecular formula is C23H34N4O2. The highest BCUT2D eigenvalue weighted by molar-refractivity contribution is 5.81. The van der Waals surface area contributed by atoms with E-state index < -0.39 is 0 Å². The lowest BCUT2D eigenvalue weighted by Crippen LogP contribution is -2.46. The second kappa shape index (κ2) is 9.06. The fourth-order valence-corrected chi connectivity index (χ4v) is 4.95. The van der Waals surface area contributed by atoms with Gasteiger partial charge in [-0.15, -0.1) is 0 Å². The number of ether oxygens (including phenoxy) is 1. The molecule has 0 bridgehead atoms. The maximum Gasteiger partial charge on any atom is 0.224 e. The lowest BCUT2D eigenvalue weighted by atomic mass is 9.86. The largest absolute Gasteiger partial charge is 0.487 e. The van der Waals surface area contributed by atoms with Crippen LogP contribution in [-0.4, -0.2) is 48.5 Å². The fraction of sp³-hybridized carbons (Fsp3) is 0.652. The molecule has 2 aliphatic heterocycles. The van der Waals surface area contributed by atoms with E-state index in [1.54, 1.807) is 0 Å². The molecule has 1 spiro atoms. The van der Waals surface area contributed by atoms with Crippen molar-refractivity contribution in [3.8, 4) is 5.75 Å². The minimum atomic E-state index is -0.0466. The molecule has 2 N–H and O–H groups in total. The van der Waals surface area contributed by atoms with Crippen molar-refractivity contribution in [1.82, 2.24) is 15.5 Å². The van der Waals surface area contributed by atoms with Gasteiger partial charge in [-0.2, -0.15) is 0 Å². The Morgan fingerprint density at radius 2 is 1.97 bits per heavy atom. The number of para-hydroxylation sites is 1. The van der Waals surface area contributed by atoms with Crippen LogP contribution in [0.3, 0.4) is 0 Å². The van der Waals surface area contributed by atoms with Crippen LogP contribution in [-0.2, 0) is 4.79 Å². The Morgan fingerprint density at radius 3 is 2.72 bits per heavy atom. The Hall–Kier alpha value is -2.24. The molecule has 2 heterocycles. The normalized spacial score (nSPS) is 23.0. The van der Waals surface area contributed by atoms with E-state index in [0.717, 1.165) is 63.4 Å². The molecule has 1 aliphatic carbocycles. The van der Waals surface area contributed by atoms with E-state index in [2.05, 4.69) is 35.8 Å². The molecule has 1 atom stereocenters. The van der Waals surface area contributed by atoms with Gasteiger partial charge in [-0.3, -0.25) is 9.79 Å². The monoisotopic (exact) mass is 398 g/mol. The molecule has 1 saturated heterocycles. The van der Waals surface area contributed by atoms with Gasteiger partial charge in [-0.1, -0.05) is 18.2 Å². The number of amides is 1. The molecule has 6 heteroatoms. The molecule has 1 amide bonds. The van der Waals surface area contributed by atoms with Gasteiger partial charge < -0.3 is 20.3 Å². The summed E-state index contributed by atoms with van der Waals surface area (Å²) >= 11 is 0. The summed E-state index contributed by atoms with van der Waals surface area (Å²) in [6.45, 7) is 5.19. The molecule has 1 aromatic carbocycles. The van der Waals surface area contributed by atoms with Gasteiger partial charge in [0.1, 0.15) is 11.4 Å². The summed E-state index contributed by atoms with van der Waals surface area (Å²) in [5.41, 5.74) is 1.15. The predicted molar refractivity (Wildman–Crippen MR) is 115 cm³/mol. The Morgan fingerprint density at radius 1 is 1.21 bits per heavy atom. The van der Waals surface area contributed by atoms with Crippen LogP contribution in [0, 0.1) is 0 Å². The first-order chi connectivity index (χ1) is 14.2. The zero-order valence-corrected chi connectivity index (χ0v) is 17.6. The fourth-order valence-electron chi connectivity index (χ4n) is 4.95. The van der Waals surface area contributed by atoms with Crippen LogP contribution in [0.5, 0.6) is 5.75 Å². The SMILES string of the molecule is CCNC(=NCCC(=O)N1CCCC1)NC1CC2(CCCC2)Oc2ccccc21. The van der Waals surface area contributed by atoms with E-state index in [-0.39, 0.29) is 17.6 Å². The predicted octanol–water partition coefficient (Wildman–Crippen LogP) is 3.39. The molecule has 158 valence electrons. The molecule has 6 nitrogen and oxygen atoms in total. The number of nitrogens with zero attached hydrogens (tertiary/aromatic N) is 2. The van der Waals surface area contributed by atoms with Gasteiger partial charge in [-0.25, -0.2) is 0 Å². The smallest absolute Gasteiger partial charge is 0.224 e. The highest BCUT2D eigenvalue weighted by Crippen LogP contribution is 2.46. The molecule has 1 unspecified atom stereocenters. The van der Waals surface area contributed by atoms with Crippen LogP contribution in [0.25, 0.3) is 0 Å². The first-order valence-electron chi connectivity index (χ1n) is 11.3. The number of hydrogen-bond donors (Lipinski definition) is 2. The Labute approximate surface area is 174 Å². The third kappa shape index (κ3) is 4.68. The van der Waals surface area contributed by atoms with Crippen LogP contribution in [0.2, 0.25) is 0 Å². The van der Waals surface area contributed by atoms with Gasteiger partial charge in [0, 0.05) is 38.0 Å². The van der Waals surface area contributed by atoms with Crippen molar-refractivity contribution in [3.05, 3.63) is 29.8 Å². The maximum atomic E-state index is 12.3. The van der Waals surface area contributed by atoms with E-state index in [1.807, 2.05) is 11.0 Å². The number of likely N-dealkylation sites (tertiary alicyclic amines) is 1. The lowest BCUT2D eigenvalue weighted by molar-refractivity contribution is -0.129. The first-order valence-corrected chi connectivity index (χ1v) is 11.3. The van der Waals surface area contributed by atoms with Crippen molar-refractivity contribution >= 4 is 11.9 Å². The molecule has 4 rings (SSSR count). The number of fused-ring (bicyclic) bond motifs is 1. The van der Waals surface area contributed by atoms with Crippen molar-refractivity contribution in [2.75, 3.05) is 26.2 Å². The second-order valence-corrected chi connectivity index (χ2v) is 8.53. The number of guanidine groups is 1. The standard InChI is InChI=1S/C23H34N4O2/c1-2-24-22(25-14-11-21(28)27-15-7-8-16-27)26-19-17-23(12-5-6-13-23)29-20-10-4-3-9-18(19)20/h3-4,9-10,19H,2,5-8,11-17H2,1H3,(H2,24,25,26). The summed E-state index contributed by atoms with van der Waals surface area (Å²) < 4.78 is 6.47. The first kappa shape index (κ1) is 20.0. The Balaban J connectivity index is 1.44. The molecule has 2 fully saturated rings. The minimum absolute atomic E-state index is 0.0466. The molecule has 1 aromatic rings. The average molecular weight is 399 g/mol. The van der Waals surface area contributed by atoms with Gasteiger partial charge in [0.05, 0.1) is 12.6 Å². The van der Waals surface area contributed by atoms with Crippen molar-refractivity contribution in [2.24, 2.45) is 4.99 Å². The molecular weight excluding hydrogens is 364 g/mol. The van der Waals surface area contributed by atoms with E-state index >= 15 is 0 Å². The van der Waals surface area contributed by atoms with Gasteiger partial charge in [-0.05, 0) is 51.5 Å². The summed E-state index contributed by atoms with van der Waals surface area (Å²) in [6.07, 6.45) is 8.42. The zero-order valence-electron chi connectivity index (χ0n) is 17.6. The van der Waals surface area contributed by atoms with Gasteiger partial charge in [0.15, 0.2) is 5.96 Å². The number of carbonyl (C=O) groups excluding carboxylic acids is 1. The number of hydrogen-bond acceptors (Lipinski definition) is 3. The lowest BCUT2D eigenvalue weighted by Gasteiger charge is -2.40. The highest BCUT2D eigenvalue weighted by atomic mass is 16.5. The van der Waals surface area contributed by atoms with Crippen molar-refractivity contribution in [1.29, 1.82) is 0 Å². The van der Waals surface area contributed by atoms with E-state index in [0.29, 0.717) is 13.0 Å². The molecule has 29 heavy (non-hydrogen) atoms. The molecule has 0 radical (unpaired) electrons. The summed E-state index contributed by atoms with van der Waals surface area (Å²) in [7, 11) is 0. The molecule has 1 saturated carbocycles. The second-order valence-electron chi connectivity index (χ2n) is 8.53. The Kier molecular flexibility index (Phi) is 6.26.